The molecule has 1 aliphatic heterocycles. The van der Waals surface area contributed by atoms with Crippen LogP contribution in [0.1, 0.15) is 6.42 Å². The van der Waals surface area contributed by atoms with Crippen LogP contribution in [0, 0.1) is 0 Å². The van der Waals surface area contributed by atoms with Crippen molar-refractivity contribution in [3.63, 3.8) is 0 Å². The molecule has 1 N–H and O–H groups in total. The van der Waals surface area contributed by atoms with Crippen molar-refractivity contribution in [2.75, 3.05) is 32.6 Å². The molecule has 2 rings (SSSR count). The molecule has 1 unspecified atom stereocenters. The Hall–Kier alpha value is -1.60. The first kappa shape index (κ1) is 15.8. The van der Waals surface area contributed by atoms with Gasteiger partial charge in [-0.15, -0.1) is 0 Å². The van der Waals surface area contributed by atoms with Gasteiger partial charge in [0.1, 0.15) is 12.0 Å². The third-order valence-corrected chi connectivity index (χ3v) is 4.98. The van der Waals surface area contributed by atoms with Crippen LogP contribution in [-0.2, 0) is 15.6 Å². The van der Waals surface area contributed by atoms with Crippen molar-refractivity contribution in [2.45, 2.75) is 11.8 Å². The Bertz CT molecular complexity index is 522. The average molecular weight is 313 g/mol. The quantitative estimate of drug-likeness (QED) is 0.807. The van der Waals surface area contributed by atoms with Crippen LogP contribution in [0.5, 0.6) is 11.5 Å². The van der Waals surface area contributed by atoms with Gasteiger partial charge in [-0.2, -0.15) is 0 Å². The van der Waals surface area contributed by atoms with E-state index < -0.39 is 16.8 Å². The highest BCUT2D eigenvalue weighted by Gasteiger charge is 2.32. The minimum Gasteiger partial charge on any atom is -0.493 e. The molecule has 1 aromatic rings. The zero-order valence-corrected chi connectivity index (χ0v) is 12.7. The van der Waals surface area contributed by atoms with Gasteiger partial charge in [-0.3, -0.25) is 13.9 Å². The van der Waals surface area contributed by atoms with E-state index in [1.54, 1.807) is 19.2 Å². The minimum absolute atomic E-state index is 0.0440. The Labute approximate surface area is 126 Å². The molecule has 1 fully saturated rings. The van der Waals surface area contributed by atoms with E-state index in [4.69, 9.17) is 14.6 Å². The number of carboxylic acids is 1. The van der Waals surface area contributed by atoms with E-state index in [1.807, 2.05) is 17.0 Å². The first-order valence-electron chi connectivity index (χ1n) is 6.70. The lowest BCUT2D eigenvalue weighted by Crippen LogP contribution is -2.37. The summed E-state index contributed by atoms with van der Waals surface area (Å²) >= 11 is 0. The molecule has 7 heteroatoms. The molecule has 0 radical (unpaired) electrons. The summed E-state index contributed by atoms with van der Waals surface area (Å²) in [5.41, 5.74) is 0. The molecule has 116 valence electrons. The lowest BCUT2D eigenvalue weighted by Gasteiger charge is -2.22. The first-order chi connectivity index (χ1) is 10.1. The normalized spacial score (nSPS) is 22.1. The van der Waals surface area contributed by atoms with Gasteiger partial charge < -0.3 is 14.6 Å². The Balaban J connectivity index is 1.96. The number of aliphatic carboxylic acids is 1. The van der Waals surface area contributed by atoms with Gasteiger partial charge in [0.15, 0.2) is 11.5 Å². The SMILES string of the molecule is COc1ccccc1OC[C@@H]1N(CCC(=O)O)CCS1=O. The average Bonchev–Trinajstić information content (AvgIpc) is 2.83. The maximum atomic E-state index is 12.0. The van der Waals surface area contributed by atoms with Crippen molar-refractivity contribution in [3.05, 3.63) is 24.3 Å². The molecule has 0 bridgehead atoms. The van der Waals surface area contributed by atoms with Gasteiger partial charge >= 0.3 is 5.97 Å². The number of carboxylic acid groups (broad SMARTS) is 1. The molecule has 1 aliphatic rings. The number of rotatable bonds is 7. The maximum absolute atomic E-state index is 12.0. The van der Waals surface area contributed by atoms with Crippen LogP contribution in [0.15, 0.2) is 24.3 Å². The molecule has 0 aliphatic carbocycles. The third-order valence-electron chi connectivity index (χ3n) is 3.35. The lowest BCUT2D eigenvalue weighted by atomic mass is 10.3. The fourth-order valence-corrected chi connectivity index (χ4v) is 3.68. The standard InChI is InChI=1S/C14H19NO5S/c1-19-11-4-2-3-5-12(11)20-10-13-15(7-6-14(16)17)8-9-21(13)18/h2-5,13H,6-10H2,1H3,(H,16,17)/t13-,21?/m1/s1. The van der Waals surface area contributed by atoms with Gasteiger partial charge in [-0.05, 0) is 12.1 Å². The van der Waals surface area contributed by atoms with E-state index in [-0.39, 0.29) is 18.4 Å². The first-order valence-corrected chi connectivity index (χ1v) is 8.09. The van der Waals surface area contributed by atoms with Crippen molar-refractivity contribution < 1.29 is 23.6 Å². The summed E-state index contributed by atoms with van der Waals surface area (Å²) in [4.78, 5) is 12.6. The summed E-state index contributed by atoms with van der Waals surface area (Å²) in [6.07, 6.45) is 0.0440. The Morgan fingerprint density at radius 2 is 2.14 bits per heavy atom. The number of para-hydroxylation sites is 2. The summed E-state index contributed by atoms with van der Waals surface area (Å²) in [5.74, 6) is 0.928. The molecular formula is C14H19NO5S. The lowest BCUT2D eigenvalue weighted by molar-refractivity contribution is -0.137. The fourth-order valence-electron chi connectivity index (χ4n) is 2.23. The predicted octanol–water partition coefficient (Wildman–Crippen LogP) is 0.939. The van der Waals surface area contributed by atoms with E-state index in [9.17, 15) is 9.00 Å². The van der Waals surface area contributed by atoms with Crippen molar-refractivity contribution in [3.8, 4) is 11.5 Å². The maximum Gasteiger partial charge on any atom is 0.304 e. The van der Waals surface area contributed by atoms with E-state index in [2.05, 4.69) is 0 Å². The van der Waals surface area contributed by atoms with Crippen molar-refractivity contribution >= 4 is 16.8 Å². The monoisotopic (exact) mass is 313 g/mol. The molecule has 6 nitrogen and oxygen atoms in total. The van der Waals surface area contributed by atoms with Crippen molar-refractivity contribution in [1.29, 1.82) is 0 Å². The van der Waals surface area contributed by atoms with Gasteiger partial charge in [0.05, 0.1) is 13.5 Å². The highest BCUT2D eigenvalue weighted by Crippen LogP contribution is 2.27. The molecule has 0 spiro atoms. The number of carbonyl (C=O) groups is 1. The van der Waals surface area contributed by atoms with Gasteiger partial charge in [-0.1, -0.05) is 12.1 Å². The fraction of sp³-hybridized carbons (Fsp3) is 0.500. The molecular weight excluding hydrogens is 294 g/mol. The van der Waals surface area contributed by atoms with Crippen LogP contribution in [0.4, 0.5) is 0 Å². The topological polar surface area (TPSA) is 76.1 Å². The van der Waals surface area contributed by atoms with Crippen LogP contribution < -0.4 is 9.47 Å². The largest absolute Gasteiger partial charge is 0.493 e. The molecule has 21 heavy (non-hydrogen) atoms. The molecule has 1 saturated heterocycles. The molecule has 0 amide bonds. The highest BCUT2D eigenvalue weighted by molar-refractivity contribution is 7.85. The number of methoxy groups -OCH3 is 1. The Morgan fingerprint density at radius 3 is 2.81 bits per heavy atom. The zero-order chi connectivity index (χ0) is 15.2. The third kappa shape index (κ3) is 4.18. The summed E-state index contributed by atoms with van der Waals surface area (Å²) in [6.45, 7) is 1.29. The second kappa shape index (κ2) is 7.42. The number of ether oxygens (including phenoxy) is 2. The Morgan fingerprint density at radius 1 is 1.43 bits per heavy atom. The van der Waals surface area contributed by atoms with Crippen molar-refractivity contribution in [1.82, 2.24) is 4.90 Å². The van der Waals surface area contributed by atoms with Gasteiger partial charge in [0.2, 0.25) is 0 Å². The summed E-state index contributed by atoms with van der Waals surface area (Å²) in [5, 5.41) is 8.48. The summed E-state index contributed by atoms with van der Waals surface area (Å²) < 4.78 is 22.9. The molecule has 2 atom stereocenters. The molecule has 0 aromatic heterocycles. The predicted molar refractivity (Wildman–Crippen MR) is 79.1 cm³/mol. The van der Waals surface area contributed by atoms with E-state index >= 15 is 0 Å². The van der Waals surface area contributed by atoms with Gasteiger partial charge in [0, 0.05) is 29.6 Å². The number of nitrogens with zero attached hydrogens (tertiary/aromatic N) is 1. The number of benzene rings is 1. The van der Waals surface area contributed by atoms with Crippen LogP contribution in [0.3, 0.4) is 0 Å². The molecule has 1 aromatic carbocycles. The summed E-state index contributed by atoms with van der Waals surface area (Å²) in [7, 11) is 0.544. The van der Waals surface area contributed by atoms with Crippen LogP contribution in [-0.4, -0.2) is 58.1 Å². The zero-order valence-electron chi connectivity index (χ0n) is 11.9. The number of hydrogen-bond donors (Lipinski definition) is 1. The smallest absolute Gasteiger partial charge is 0.304 e. The van der Waals surface area contributed by atoms with E-state index in [0.717, 1.165) is 0 Å². The van der Waals surface area contributed by atoms with E-state index in [0.29, 0.717) is 30.3 Å². The minimum atomic E-state index is -1.02. The Kier molecular flexibility index (Phi) is 5.58. The molecule has 1 heterocycles. The van der Waals surface area contributed by atoms with Gasteiger partial charge in [-0.25, -0.2) is 0 Å². The summed E-state index contributed by atoms with van der Waals surface area (Å²) in [6, 6.07) is 7.27. The number of hydrogen-bond acceptors (Lipinski definition) is 5. The highest BCUT2D eigenvalue weighted by atomic mass is 32.2. The second-order valence-electron chi connectivity index (χ2n) is 4.68. The van der Waals surface area contributed by atoms with E-state index in [1.165, 1.54) is 0 Å². The second-order valence-corrected chi connectivity index (χ2v) is 6.39. The van der Waals surface area contributed by atoms with Crippen LogP contribution in [0.2, 0.25) is 0 Å². The van der Waals surface area contributed by atoms with Gasteiger partial charge in [0.25, 0.3) is 0 Å². The van der Waals surface area contributed by atoms with Crippen LogP contribution >= 0.6 is 0 Å². The van der Waals surface area contributed by atoms with Crippen molar-refractivity contribution in [2.24, 2.45) is 0 Å². The molecule has 0 saturated carbocycles. The van der Waals surface area contributed by atoms with Crippen LogP contribution in [0.25, 0.3) is 0 Å².